The number of piperazine rings is 1. The molecule has 126 valence electrons. The molecule has 0 bridgehead atoms. The van der Waals surface area contributed by atoms with Crippen LogP contribution in [-0.4, -0.2) is 59.8 Å². The van der Waals surface area contributed by atoms with Crippen LogP contribution >= 0.6 is 0 Å². The highest BCUT2D eigenvalue weighted by molar-refractivity contribution is 5.74. The van der Waals surface area contributed by atoms with E-state index in [1.165, 1.54) is 12.1 Å². The van der Waals surface area contributed by atoms with Gasteiger partial charge in [-0.1, -0.05) is 12.1 Å². The van der Waals surface area contributed by atoms with Gasteiger partial charge in [-0.3, -0.25) is 4.90 Å². The molecular weight excluding hydrogens is 297 g/mol. The summed E-state index contributed by atoms with van der Waals surface area (Å²) >= 11 is 0. The van der Waals surface area contributed by atoms with Gasteiger partial charge >= 0.3 is 6.03 Å². The average Bonchev–Trinajstić information content (AvgIpc) is 3.40. The number of urea groups is 1. The van der Waals surface area contributed by atoms with Crippen molar-refractivity contribution in [3.63, 3.8) is 0 Å². The first kappa shape index (κ1) is 16.2. The summed E-state index contributed by atoms with van der Waals surface area (Å²) in [5, 5.41) is 12.9. The largest absolute Gasteiger partial charge is 0.392 e. The Hall–Kier alpha value is -1.66. The molecule has 1 saturated carbocycles. The Morgan fingerprint density at radius 1 is 1.22 bits per heavy atom. The molecule has 1 aromatic rings. The highest BCUT2D eigenvalue weighted by Crippen LogP contribution is 2.32. The van der Waals surface area contributed by atoms with Crippen molar-refractivity contribution in [3.8, 4) is 0 Å². The Balaban J connectivity index is 1.38. The molecule has 23 heavy (non-hydrogen) atoms. The van der Waals surface area contributed by atoms with Gasteiger partial charge in [0.1, 0.15) is 5.82 Å². The van der Waals surface area contributed by atoms with E-state index in [2.05, 4.69) is 10.2 Å². The monoisotopic (exact) mass is 321 g/mol. The van der Waals surface area contributed by atoms with Crippen LogP contribution in [0, 0.1) is 11.7 Å². The maximum Gasteiger partial charge on any atom is 0.317 e. The van der Waals surface area contributed by atoms with E-state index in [-0.39, 0.29) is 18.0 Å². The predicted molar refractivity (Wildman–Crippen MR) is 85.4 cm³/mol. The average molecular weight is 321 g/mol. The molecule has 2 fully saturated rings. The predicted octanol–water partition coefficient (Wildman–Crippen LogP) is 1.42. The summed E-state index contributed by atoms with van der Waals surface area (Å²) in [5.74, 6) is 0.219. The van der Waals surface area contributed by atoms with Gasteiger partial charge in [-0.25, -0.2) is 9.18 Å². The molecule has 6 heteroatoms. The first-order chi connectivity index (χ1) is 11.1. The van der Waals surface area contributed by atoms with E-state index in [1.807, 2.05) is 0 Å². The van der Waals surface area contributed by atoms with Crippen molar-refractivity contribution >= 4 is 6.03 Å². The van der Waals surface area contributed by atoms with E-state index in [4.69, 9.17) is 0 Å². The third-order valence-electron chi connectivity index (χ3n) is 4.63. The molecule has 1 aliphatic heterocycles. The standard InChI is InChI=1S/C17H24FN3O2/c18-15-5-1-13(2-6-15)11-19-17(23)21-9-7-20(8-10-21)12-16(22)14-3-4-14/h1-2,5-6,14,16,22H,3-4,7-12H2,(H,19,23)/t16-/m0/s1. The molecular formula is C17H24FN3O2. The summed E-state index contributed by atoms with van der Waals surface area (Å²) < 4.78 is 12.8. The summed E-state index contributed by atoms with van der Waals surface area (Å²) in [6.45, 7) is 4.07. The first-order valence-electron chi connectivity index (χ1n) is 8.29. The van der Waals surface area contributed by atoms with Gasteiger partial charge in [0.15, 0.2) is 0 Å². The molecule has 1 heterocycles. The van der Waals surface area contributed by atoms with Crippen molar-refractivity contribution < 1.29 is 14.3 Å². The van der Waals surface area contributed by atoms with Crippen LogP contribution < -0.4 is 5.32 Å². The number of nitrogens with zero attached hydrogens (tertiary/aromatic N) is 2. The number of β-amino-alcohol motifs (C(OH)–C–C–N with tert-alkyl or cyclic N) is 1. The molecule has 1 aliphatic carbocycles. The van der Waals surface area contributed by atoms with Crippen molar-refractivity contribution in [1.82, 2.24) is 15.1 Å². The van der Waals surface area contributed by atoms with Gasteiger partial charge in [0.05, 0.1) is 6.10 Å². The second-order valence-corrected chi connectivity index (χ2v) is 6.48. The van der Waals surface area contributed by atoms with Crippen LogP contribution in [0.4, 0.5) is 9.18 Å². The van der Waals surface area contributed by atoms with Crippen LogP contribution in [0.3, 0.4) is 0 Å². The number of hydrogen-bond acceptors (Lipinski definition) is 3. The Morgan fingerprint density at radius 3 is 2.48 bits per heavy atom. The zero-order valence-electron chi connectivity index (χ0n) is 13.2. The second-order valence-electron chi connectivity index (χ2n) is 6.48. The van der Waals surface area contributed by atoms with E-state index in [0.29, 0.717) is 25.6 Å². The summed E-state index contributed by atoms with van der Waals surface area (Å²) in [6, 6.07) is 6.05. The lowest BCUT2D eigenvalue weighted by Gasteiger charge is -2.35. The molecule has 1 saturated heterocycles. The van der Waals surface area contributed by atoms with Gasteiger partial charge in [0, 0.05) is 39.3 Å². The highest BCUT2D eigenvalue weighted by Gasteiger charge is 2.32. The molecule has 0 radical (unpaired) electrons. The molecule has 1 aromatic carbocycles. The Morgan fingerprint density at radius 2 is 1.87 bits per heavy atom. The molecule has 0 aromatic heterocycles. The lowest BCUT2D eigenvalue weighted by molar-refractivity contribution is 0.0696. The van der Waals surface area contributed by atoms with Gasteiger partial charge < -0.3 is 15.3 Å². The fourth-order valence-corrected chi connectivity index (χ4v) is 2.92. The van der Waals surface area contributed by atoms with Crippen LogP contribution in [0.15, 0.2) is 24.3 Å². The molecule has 5 nitrogen and oxygen atoms in total. The third-order valence-corrected chi connectivity index (χ3v) is 4.63. The fourth-order valence-electron chi connectivity index (χ4n) is 2.92. The van der Waals surface area contributed by atoms with Crippen LogP contribution in [0.25, 0.3) is 0 Å². The Labute approximate surface area is 136 Å². The quantitative estimate of drug-likeness (QED) is 0.862. The fraction of sp³-hybridized carbons (Fsp3) is 0.588. The number of carbonyl (C=O) groups is 1. The summed E-state index contributed by atoms with van der Waals surface area (Å²) in [6.07, 6.45) is 2.08. The maximum atomic E-state index is 12.8. The first-order valence-corrected chi connectivity index (χ1v) is 8.29. The minimum Gasteiger partial charge on any atom is -0.392 e. The van der Waals surface area contributed by atoms with Gasteiger partial charge in [-0.05, 0) is 36.5 Å². The van der Waals surface area contributed by atoms with Crippen LogP contribution in [0.2, 0.25) is 0 Å². The zero-order chi connectivity index (χ0) is 16.2. The topological polar surface area (TPSA) is 55.8 Å². The van der Waals surface area contributed by atoms with Crippen LogP contribution in [-0.2, 0) is 6.54 Å². The van der Waals surface area contributed by atoms with Crippen LogP contribution in [0.1, 0.15) is 18.4 Å². The summed E-state index contributed by atoms with van der Waals surface area (Å²) in [7, 11) is 0. The van der Waals surface area contributed by atoms with E-state index >= 15 is 0 Å². The lowest BCUT2D eigenvalue weighted by atomic mass is 10.2. The van der Waals surface area contributed by atoms with E-state index in [0.717, 1.165) is 38.0 Å². The SMILES string of the molecule is O=C(NCc1ccc(F)cc1)N1CCN(C[C@H](O)C2CC2)CC1. The molecule has 2 amide bonds. The van der Waals surface area contributed by atoms with Gasteiger partial charge in [0.25, 0.3) is 0 Å². The number of halogens is 1. The number of carbonyl (C=O) groups excluding carboxylic acids is 1. The Kier molecular flexibility index (Phi) is 5.13. The summed E-state index contributed by atoms with van der Waals surface area (Å²) in [5.41, 5.74) is 0.881. The molecule has 1 atom stereocenters. The van der Waals surface area contributed by atoms with Crippen molar-refractivity contribution in [2.45, 2.75) is 25.5 Å². The maximum absolute atomic E-state index is 12.8. The van der Waals surface area contributed by atoms with E-state index < -0.39 is 0 Å². The number of hydrogen-bond donors (Lipinski definition) is 2. The van der Waals surface area contributed by atoms with Crippen LogP contribution in [0.5, 0.6) is 0 Å². The molecule has 3 rings (SSSR count). The number of aliphatic hydroxyl groups is 1. The minimum absolute atomic E-state index is 0.0864. The third kappa shape index (κ3) is 4.65. The molecule has 2 N–H and O–H groups in total. The van der Waals surface area contributed by atoms with Crippen molar-refractivity contribution in [2.75, 3.05) is 32.7 Å². The van der Waals surface area contributed by atoms with Crippen molar-refractivity contribution in [1.29, 1.82) is 0 Å². The molecule has 0 spiro atoms. The Bertz CT molecular complexity index is 525. The number of amides is 2. The van der Waals surface area contributed by atoms with Gasteiger partial charge in [-0.2, -0.15) is 0 Å². The number of nitrogens with one attached hydrogen (secondary N) is 1. The number of rotatable bonds is 5. The van der Waals surface area contributed by atoms with Crippen molar-refractivity contribution in [3.05, 3.63) is 35.6 Å². The van der Waals surface area contributed by atoms with E-state index in [1.54, 1.807) is 17.0 Å². The zero-order valence-corrected chi connectivity index (χ0v) is 13.2. The highest BCUT2D eigenvalue weighted by atomic mass is 19.1. The number of benzene rings is 1. The minimum atomic E-state index is -0.274. The smallest absolute Gasteiger partial charge is 0.317 e. The molecule has 2 aliphatic rings. The number of aliphatic hydroxyl groups excluding tert-OH is 1. The van der Waals surface area contributed by atoms with Crippen molar-refractivity contribution in [2.24, 2.45) is 5.92 Å². The van der Waals surface area contributed by atoms with Gasteiger partial charge in [-0.15, -0.1) is 0 Å². The molecule has 0 unspecified atom stereocenters. The summed E-state index contributed by atoms with van der Waals surface area (Å²) in [4.78, 5) is 16.2. The normalized spacial score (nSPS) is 20.3. The second kappa shape index (κ2) is 7.27. The van der Waals surface area contributed by atoms with E-state index in [9.17, 15) is 14.3 Å². The lowest BCUT2D eigenvalue weighted by Crippen LogP contribution is -2.53. The van der Waals surface area contributed by atoms with Gasteiger partial charge in [0.2, 0.25) is 0 Å².